The van der Waals surface area contributed by atoms with Crippen molar-refractivity contribution in [3.63, 3.8) is 0 Å². The number of thioether (sulfide) groups is 2. The van der Waals surface area contributed by atoms with Crippen LogP contribution in [0.5, 0.6) is 0 Å². The maximum absolute atomic E-state index is 8.85. The van der Waals surface area contributed by atoms with Gasteiger partial charge in [-0.15, -0.1) is 23.5 Å². The number of benzene rings is 1. The van der Waals surface area contributed by atoms with Crippen molar-refractivity contribution in [2.45, 2.75) is 9.79 Å². The molecule has 0 aliphatic heterocycles. The molecular formula is C12H16O2S2. The van der Waals surface area contributed by atoms with Crippen LogP contribution in [-0.2, 0) is 0 Å². The molecule has 0 saturated heterocycles. The van der Waals surface area contributed by atoms with Gasteiger partial charge in [-0.2, -0.15) is 0 Å². The zero-order chi connectivity index (χ0) is 12.0. The average molecular weight is 256 g/mol. The summed E-state index contributed by atoms with van der Waals surface area (Å²) in [7, 11) is 0. The van der Waals surface area contributed by atoms with Gasteiger partial charge in [0, 0.05) is 21.3 Å². The van der Waals surface area contributed by atoms with Crippen molar-refractivity contribution in [3.05, 3.63) is 37.1 Å². The third-order valence-electron chi connectivity index (χ3n) is 2.01. The first-order valence-electron chi connectivity index (χ1n) is 4.99. The lowest BCUT2D eigenvalue weighted by molar-refractivity contribution is 0.322. The standard InChI is InChI=1S/C12H16O2S2/c1-9-3-4-11(15-7-5-13)12(10(9)2)16-8-6-14/h3-4,13-14H,1-2,5-8H2. The van der Waals surface area contributed by atoms with Crippen LogP contribution in [0.4, 0.5) is 0 Å². The highest BCUT2D eigenvalue weighted by atomic mass is 32.2. The minimum Gasteiger partial charge on any atom is -0.396 e. The smallest absolute Gasteiger partial charge is 0.0525 e. The van der Waals surface area contributed by atoms with E-state index < -0.39 is 0 Å². The molecule has 0 bridgehead atoms. The van der Waals surface area contributed by atoms with Gasteiger partial charge in [0.05, 0.1) is 13.2 Å². The maximum Gasteiger partial charge on any atom is 0.0525 e. The summed E-state index contributed by atoms with van der Waals surface area (Å²) in [5.41, 5.74) is 1.83. The summed E-state index contributed by atoms with van der Waals surface area (Å²) in [4.78, 5) is 2.17. The highest BCUT2D eigenvalue weighted by Crippen LogP contribution is 2.34. The van der Waals surface area contributed by atoms with Gasteiger partial charge in [0.25, 0.3) is 0 Å². The second kappa shape index (κ2) is 7.22. The fourth-order valence-corrected chi connectivity index (χ4v) is 3.12. The normalized spacial score (nSPS) is 10.8. The predicted octanol–water partition coefficient (Wildman–Crippen LogP) is 2.22. The zero-order valence-corrected chi connectivity index (χ0v) is 10.7. The summed E-state index contributed by atoms with van der Waals surface area (Å²) in [5.74, 6) is 1.32. The van der Waals surface area contributed by atoms with Crippen LogP contribution in [0.25, 0.3) is 0 Å². The van der Waals surface area contributed by atoms with Gasteiger partial charge in [-0.1, -0.05) is 6.07 Å². The van der Waals surface area contributed by atoms with Crippen molar-refractivity contribution in [2.75, 3.05) is 24.7 Å². The van der Waals surface area contributed by atoms with E-state index in [1.165, 1.54) is 0 Å². The van der Waals surface area contributed by atoms with E-state index in [2.05, 4.69) is 13.8 Å². The first kappa shape index (κ1) is 13.9. The van der Waals surface area contributed by atoms with Gasteiger partial charge in [-0.25, -0.2) is 0 Å². The molecule has 1 aromatic rings. The third kappa shape index (κ3) is 3.70. The van der Waals surface area contributed by atoms with Gasteiger partial charge in [-0.3, -0.25) is 0 Å². The number of hydrogen-bond acceptors (Lipinski definition) is 4. The first-order valence-corrected chi connectivity index (χ1v) is 6.96. The van der Waals surface area contributed by atoms with Crippen LogP contribution in [0.1, 0.15) is 11.1 Å². The van der Waals surface area contributed by atoms with Crippen LogP contribution in [0.2, 0.25) is 0 Å². The predicted molar refractivity (Wildman–Crippen MR) is 71.0 cm³/mol. The molecule has 0 aromatic heterocycles. The summed E-state index contributed by atoms with van der Waals surface area (Å²) in [6.07, 6.45) is 0. The first-order chi connectivity index (χ1) is 7.70. The molecule has 0 spiro atoms. The summed E-state index contributed by atoms with van der Waals surface area (Å²) in [6, 6.07) is 3.93. The van der Waals surface area contributed by atoms with Crippen LogP contribution in [0, 0.1) is 13.8 Å². The highest BCUT2D eigenvalue weighted by molar-refractivity contribution is 8.02. The fraction of sp³-hybridized carbons (Fsp3) is 0.333. The number of rotatable bonds is 6. The molecule has 0 unspecified atom stereocenters. The van der Waals surface area contributed by atoms with E-state index in [-0.39, 0.29) is 13.2 Å². The second-order valence-electron chi connectivity index (χ2n) is 3.17. The van der Waals surface area contributed by atoms with Crippen LogP contribution < -0.4 is 0 Å². The topological polar surface area (TPSA) is 40.5 Å². The Morgan fingerprint density at radius 3 is 2.25 bits per heavy atom. The SMILES string of the molecule is [CH2]c1ccc(SCCO)c(SCCO)c1[CH2]. The zero-order valence-electron chi connectivity index (χ0n) is 9.11. The van der Waals surface area contributed by atoms with Gasteiger partial charge < -0.3 is 10.2 Å². The Balaban J connectivity index is 2.91. The Bertz CT molecular complexity index is 340. The van der Waals surface area contributed by atoms with E-state index in [1.54, 1.807) is 23.5 Å². The Morgan fingerprint density at radius 1 is 1.00 bits per heavy atom. The summed E-state index contributed by atoms with van der Waals surface area (Å²) in [5, 5.41) is 17.7. The monoisotopic (exact) mass is 256 g/mol. The van der Waals surface area contributed by atoms with E-state index >= 15 is 0 Å². The van der Waals surface area contributed by atoms with E-state index in [1.807, 2.05) is 12.1 Å². The molecular weight excluding hydrogens is 240 g/mol. The quantitative estimate of drug-likeness (QED) is 0.766. The molecule has 0 saturated carbocycles. The number of aliphatic hydroxyl groups excluding tert-OH is 2. The van der Waals surface area contributed by atoms with Crippen molar-refractivity contribution >= 4 is 23.5 Å². The number of aliphatic hydroxyl groups is 2. The minimum atomic E-state index is 0.148. The van der Waals surface area contributed by atoms with Crippen molar-refractivity contribution in [3.8, 4) is 0 Å². The molecule has 16 heavy (non-hydrogen) atoms. The van der Waals surface area contributed by atoms with E-state index in [0.29, 0.717) is 11.5 Å². The van der Waals surface area contributed by atoms with Crippen LogP contribution in [-0.4, -0.2) is 34.9 Å². The average Bonchev–Trinajstić information content (AvgIpc) is 2.29. The molecule has 2 radical (unpaired) electrons. The van der Waals surface area contributed by atoms with Gasteiger partial charge in [0.15, 0.2) is 0 Å². The largest absolute Gasteiger partial charge is 0.396 e. The Morgan fingerprint density at radius 2 is 1.62 bits per heavy atom. The molecule has 0 atom stereocenters. The Hall–Kier alpha value is -0.160. The lowest BCUT2D eigenvalue weighted by Crippen LogP contribution is -1.94. The second-order valence-corrected chi connectivity index (χ2v) is 5.42. The third-order valence-corrected chi connectivity index (χ3v) is 4.32. The summed E-state index contributed by atoms with van der Waals surface area (Å²) < 4.78 is 0. The molecule has 0 heterocycles. The number of hydrogen-bond donors (Lipinski definition) is 2. The molecule has 1 aromatic carbocycles. The molecule has 0 amide bonds. The fourth-order valence-electron chi connectivity index (χ4n) is 1.22. The van der Waals surface area contributed by atoms with Crippen LogP contribution in [0.3, 0.4) is 0 Å². The Kier molecular flexibility index (Phi) is 6.28. The molecule has 0 aliphatic rings. The molecule has 2 nitrogen and oxygen atoms in total. The van der Waals surface area contributed by atoms with Crippen molar-refractivity contribution < 1.29 is 10.2 Å². The molecule has 1 rings (SSSR count). The highest BCUT2D eigenvalue weighted by Gasteiger charge is 2.08. The molecule has 0 aliphatic carbocycles. The lowest BCUT2D eigenvalue weighted by atomic mass is 10.1. The Labute approximate surface area is 105 Å². The van der Waals surface area contributed by atoms with E-state index in [4.69, 9.17) is 10.2 Å². The maximum atomic E-state index is 8.85. The van der Waals surface area contributed by atoms with Gasteiger partial charge in [0.2, 0.25) is 0 Å². The minimum absolute atomic E-state index is 0.148. The van der Waals surface area contributed by atoms with E-state index in [0.717, 1.165) is 20.9 Å². The molecule has 2 N–H and O–H groups in total. The van der Waals surface area contributed by atoms with Crippen molar-refractivity contribution in [1.82, 2.24) is 0 Å². The summed E-state index contributed by atoms with van der Waals surface area (Å²) >= 11 is 3.18. The van der Waals surface area contributed by atoms with Crippen molar-refractivity contribution in [1.29, 1.82) is 0 Å². The molecule has 88 valence electrons. The van der Waals surface area contributed by atoms with E-state index in [9.17, 15) is 0 Å². The van der Waals surface area contributed by atoms with Gasteiger partial charge >= 0.3 is 0 Å². The van der Waals surface area contributed by atoms with Crippen LogP contribution in [0.15, 0.2) is 21.9 Å². The van der Waals surface area contributed by atoms with Gasteiger partial charge in [-0.05, 0) is 31.0 Å². The lowest BCUT2D eigenvalue weighted by Gasteiger charge is -2.13. The molecule has 0 fully saturated rings. The van der Waals surface area contributed by atoms with Crippen LogP contribution >= 0.6 is 23.5 Å². The summed E-state index contributed by atoms with van der Waals surface area (Å²) in [6.45, 7) is 8.22. The van der Waals surface area contributed by atoms with Crippen molar-refractivity contribution in [2.24, 2.45) is 0 Å². The molecule has 4 heteroatoms. The van der Waals surface area contributed by atoms with Gasteiger partial charge in [0.1, 0.15) is 0 Å².